The van der Waals surface area contributed by atoms with E-state index in [0.29, 0.717) is 24.1 Å². The number of hydrogen-bond donors (Lipinski definition) is 1. The Kier molecular flexibility index (Phi) is 7.10. The number of nitrogens with zero attached hydrogens (tertiary/aromatic N) is 4. The largest absolute Gasteiger partial charge is 0.349 e. The Balaban J connectivity index is 1.79. The lowest BCUT2D eigenvalue weighted by Gasteiger charge is -2.35. The fraction of sp³-hybridized carbons (Fsp3) is 0.762. The first-order chi connectivity index (χ1) is 13.5. The lowest BCUT2D eigenvalue weighted by atomic mass is 9.99. The number of fused-ring (bicyclic) bond motifs is 1. The van der Waals surface area contributed by atoms with Crippen molar-refractivity contribution in [1.29, 1.82) is 0 Å². The second-order valence-electron chi connectivity index (χ2n) is 8.31. The Morgan fingerprint density at radius 1 is 1.18 bits per heavy atom. The molecule has 7 heteroatoms. The van der Waals surface area contributed by atoms with E-state index >= 15 is 0 Å². The van der Waals surface area contributed by atoms with Crippen LogP contribution in [0.15, 0.2) is 0 Å². The van der Waals surface area contributed by atoms with Crippen LogP contribution in [0.1, 0.15) is 78.7 Å². The zero-order chi connectivity index (χ0) is 20.1. The van der Waals surface area contributed by atoms with Gasteiger partial charge < -0.3 is 19.7 Å². The lowest BCUT2D eigenvalue weighted by Crippen LogP contribution is -2.44. The van der Waals surface area contributed by atoms with Gasteiger partial charge in [-0.25, -0.2) is 4.98 Å². The summed E-state index contributed by atoms with van der Waals surface area (Å²) in [6.45, 7) is 5.26. The van der Waals surface area contributed by atoms with E-state index < -0.39 is 0 Å². The van der Waals surface area contributed by atoms with Gasteiger partial charge in [-0.05, 0) is 72.0 Å². The number of nitrogens with one attached hydrogen (secondary N) is 1. The SMILES string of the molecule is CCC1CCCCN1C(=O)c1nc(C(=O)NCCCN(C)C)n2c1CCCC2. The summed E-state index contributed by atoms with van der Waals surface area (Å²) in [4.78, 5) is 34.8. The Labute approximate surface area is 168 Å². The monoisotopic (exact) mass is 389 g/mol. The van der Waals surface area contributed by atoms with Gasteiger partial charge in [0.25, 0.3) is 11.8 Å². The molecular formula is C21H35N5O2. The van der Waals surface area contributed by atoms with Gasteiger partial charge in [0.1, 0.15) is 5.69 Å². The minimum Gasteiger partial charge on any atom is -0.349 e. The summed E-state index contributed by atoms with van der Waals surface area (Å²) in [5, 5.41) is 2.98. The summed E-state index contributed by atoms with van der Waals surface area (Å²) in [6, 6.07) is 0.297. The molecule has 1 unspecified atom stereocenters. The topological polar surface area (TPSA) is 70.5 Å². The molecule has 1 saturated heterocycles. The molecule has 3 heterocycles. The first-order valence-electron chi connectivity index (χ1n) is 10.9. The number of rotatable bonds is 7. The predicted molar refractivity (Wildman–Crippen MR) is 110 cm³/mol. The fourth-order valence-corrected chi connectivity index (χ4v) is 4.39. The molecule has 2 aliphatic heterocycles. The van der Waals surface area contributed by atoms with Crippen LogP contribution in [-0.4, -0.2) is 70.9 Å². The summed E-state index contributed by atoms with van der Waals surface area (Å²) in [6.07, 6.45) is 8.07. The van der Waals surface area contributed by atoms with E-state index in [1.807, 2.05) is 23.6 Å². The van der Waals surface area contributed by atoms with Gasteiger partial charge in [0.2, 0.25) is 0 Å². The number of imidazole rings is 1. The third-order valence-corrected chi connectivity index (χ3v) is 5.95. The highest BCUT2D eigenvalue weighted by Gasteiger charge is 2.33. The van der Waals surface area contributed by atoms with Gasteiger partial charge in [-0.15, -0.1) is 0 Å². The molecule has 0 saturated carbocycles. The number of piperidine rings is 1. The van der Waals surface area contributed by atoms with Crippen LogP contribution < -0.4 is 5.32 Å². The maximum absolute atomic E-state index is 13.3. The number of hydrogen-bond acceptors (Lipinski definition) is 4. The summed E-state index contributed by atoms with van der Waals surface area (Å²) >= 11 is 0. The molecule has 2 amide bonds. The third-order valence-electron chi connectivity index (χ3n) is 5.95. The maximum atomic E-state index is 13.3. The van der Waals surface area contributed by atoms with Crippen LogP contribution in [0.2, 0.25) is 0 Å². The minimum absolute atomic E-state index is 0.0175. The summed E-state index contributed by atoms with van der Waals surface area (Å²) in [7, 11) is 4.05. The maximum Gasteiger partial charge on any atom is 0.287 e. The van der Waals surface area contributed by atoms with Crippen LogP contribution in [0.3, 0.4) is 0 Å². The highest BCUT2D eigenvalue weighted by molar-refractivity contribution is 5.97. The van der Waals surface area contributed by atoms with E-state index in [9.17, 15) is 9.59 Å². The quantitative estimate of drug-likeness (QED) is 0.727. The molecule has 7 nitrogen and oxygen atoms in total. The van der Waals surface area contributed by atoms with E-state index in [1.165, 1.54) is 6.42 Å². The number of amides is 2. The molecule has 2 aliphatic rings. The Morgan fingerprint density at radius 2 is 1.96 bits per heavy atom. The van der Waals surface area contributed by atoms with Crippen molar-refractivity contribution in [2.45, 2.75) is 70.9 Å². The highest BCUT2D eigenvalue weighted by Crippen LogP contribution is 2.26. The van der Waals surface area contributed by atoms with Crippen molar-refractivity contribution in [2.24, 2.45) is 0 Å². The molecule has 1 fully saturated rings. The molecule has 1 aromatic rings. The summed E-state index contributed by atoms with van der Waals surface area (Å²) < 4.78 is 1.99. The Bertz CT molecular complexity index is 697. The van der Waals surface area contributed by atoms with Gasteiger partial charge in [-0.2, -0.15) is 0 Å². The van der Waals surface area contributed by atoms with E-state index in [0.717, 1.165) is 70.3 Å². The number of aromatic nitrogens is 2. The standard InChI is InChI=1S/C21H35N5O2/c1-4-16-10-5-7-14-25(16)21(28)18-17-11-6-8-15-26(17)19(23-18)20(27)22-12-9-13-24(2)3/h16H,4-15H2,1-3H3,(H,22,27). The molecule has 0 bridgehead atoms. The van der Waals surface area contributed by atoms with Gasteiger partial charge in [0.05, 0.1) is 5.69 Å². The third kappa shape index (κ3) is 4.57. The molecule has 0 spiro atoms. The Hall–Kier alpha value is -1.89. The van der Waals surface area contributed by atoms with E-state index in [2.05, 4.69) is 22.1 Å². The van der Waals surface area contributed by atoms with Crippen LogP contribution in [0.25, 0.3) is 0 Å². The fourth-order valence-electron chi connectivity index (χ4n) is 4.39. The van der Waals surface area contributed by atoms with Crippen molar-refractivity contribution in [3.05, 3.63) is 17.2 Å². The van der Waals surface area contributed by atoms with E-state index in [-0.39, 0.29) is 11.8 Å². The molecule has 3 rings (SSSR count). The van der Waals surface area contributed by atoms with Crippen LogP contribution in [0.5, 0.6) is 0 Å². The average molecular weight is 390 g/mol. The molecule has 0 aromatic carbocycles. The molecular weight excluding hydrogens is 354 g/mol. The summed E-state index contributed by atoms with van der Waals surface area (Å²) in [5.41, 5.74) is 1.47. The molecule has 156 valence electrons. The number of likely N-dealkylation sites (tertiary alicyclic amines) is 1. The summed E-state index contributed by atoms with van der Waals surface area (Å²) in [5.74, 6) is 0.267. The van der Waals surface area contributed by atoms with Crippen molar-refractivity contribution >= 4 is 11.8 Å². The van der Waals surface area contributed by atoms with Crippen molar-refractivity contribution in [3.8, 4) is 0 Å². The van der Waals surface area contributed by atoms with Crippen LogP contribution in [-0.2, 0) is 13.0 Å². The van der Waals surface area contributed by atoms with E-state index in [4.69, 9.17) is 0 Å². The van der Waals surface area contributed by atoms with Crippen molar-refractivity contribution < 1.29 is 9.59 Å². The van der Waals surface area contributed by atoms with Gasteiger partial charge in [0.15, 0.2) is 5.82 Å². The molecule has 1 N–H and O–H groups in total. The van der Waals surface area contributed by atoms with Crippen molar-refractivity contribution in [3.63, 3.8) is 0 Å². The van der Waals surface area contributed by atoms with Gasteiger partial charge >= 0.3 is 0 Å². The molecule has 1 aromatic heterocycles. The van der Waals surface area contributed by atoms with Gasteiger partial charge in [0, 0.05) is 25.7 Å². The molecule has 1 atom stereocenters. The predicted octanol–water partition coefficient (Wildman–Crippen LogP) is 2.31. The number of carbonyl (C=O) groups is 2. The molecule has 28 heavy (non-hydrogen) atoms. The Morgan fingerprint density at radius 3 is 2.71 bits per heavy atom. The molecule has 0 radical (unpaired) electrons. The second kappa shape index (κ2) is 9.54. The highest BCUT2D eigenvalue weighted by atomic mass is 16.2. The minimum atomic E-state index is -0.161. The smallest absolute Gasteiger partial charge is 0.287 e. The van der Waals surface area contributed by atoms with Gasteiger partial charge in [-0.1, -0.05) is 6.92 Å². The van der Waals surface area contributed by atoms with Crippen LogP contribution in [0, 0.1) is 0 Å². The second-order valence-corrected chi connectivity index (χ2v) is 8.31. The average Bonchev–Trinajstić information content (AvgIpc) is 3.10. The number of carbonyl (C=O) groups excluding carboxylic acids is 2. The van der Waals surface area contributed by atoms with Crippen LogP contribution >= 0.6 is 0 Å². The molecule has 0 aliphatic carbocycles. The van der Waals surface area contributed by atoms with Gasteiger partial charge in [-0.3, -0.25) is 9.59 Å². The zero-order valence-corrected chi connectivity index (χ0v) is 17.7. The van der Waals surface area contributed by atoms with E-state index in [1.54, 1.807) is 0 Å². The van der Waals surface area contributed by atoms with Crippen LogP contribution in [0.4, 0.5) is 0 Å². The lowest BCUT2D eigenvalue weighted by molar-refractivity contribution is 0.0600. The van der Waals surface area contributed by atoms with Crippen molar-refractivity contribution in [2.75, 3.05) is 33.7 Å². The first-order valence-corrected chi connectivity index (χ1v) is 10.9. The zero-order valence-electron chi connectivity index (χ0n) is 17.7. The normalized spacial score (nSPS) is 19.6. The first kappa shape index (κ1) is 20.8. The van der Waals surface area contributed by atoms with Crippen molar-refractivity contribution in [1.82, 2.24) is 24.7 Å².